The SMILES string of the molecule is C=CCN1C2CCCC1CN(C(c1ccc(C(=O)NN3CCCCC3)cc1)c1cccc(O)c1)C2. The molecule has 6 nitrogen and oxygen atoms in total. The lowest BCUT2D eigenvalue weighted by Gasteiger charge is -2.52. The minimum Gasteiger partial charge on any atom is -0.508 e. The number of amides is 1. The lowest BCUT2D eigenvalue weighted by molar-refractivity contribution is -0.0128. The number of piperidine rings is 2. The topological polar surface area (TPSA) is 59.0 Å². The number of fused-ring (bicyclic) bond motifs is 2. The molecule has 5 rings (SSSR count). The van der Waals surface area contributed by atoms with Crippen LogP contribution in [0.3, 0.4) is 0 Å². The average Bonchev–Trinajstić information content (AvgIpc) is 2.86. The van der Waals surface area contributed by atoms with Gasteiger partial charge in [-0.2, -0.15) is 0 Å². The van der Waals surface area contributed by atoms with Crippen molar-refractivity contribution >= 4 is 5.91 Å². The van der Waals surface area contributed by atoms with Crippen molar-refractivity contribution in [2.75, 3.05) is 32.7 Å². The van der Waals surface area contributed by atoms with Gasteiger partial charge in [-0.25, -0.2) is 5.01 Å². The molecule has 2 N–H and O–H groups in total. The molecule has 0 radical (unpaired) electrons. The van der Waals surface area contributed by atoms with Gasteiger partial charge in [-0.1, -0.05) is 43.2 Å². The number of hydrogen-bond donors (Lipinski definition) is 2. The third-order valence-corrected chi connectivity index (χ3v) is 7.90. The van der Waals surface area contributed by atoms with Gasteiger partial charge in [-0.05, 0) is 61.1 Å². The van der Waals surface area contributed by atoms with Crippen LogP contribution in [0, 0.1) is 0 Å². The molecule has 3 aliphatic rings. The van der Waals surface area contributed by atoms with Gasteiger partial charge in [0.05, 0.1) is 6.04 Å². The first-order chi connectivity index (χ1) is 17.1. The maximum absolute atomic E-state index is 12.8. The fraction of sp³-hybridized carbons (Fsp3) is 0.483. The zero-order valence-electron chi connectivity index (χ0n) is 20.6. The van der Waals surface area contributed by atoms with Gasteiger partial charge in [0, 0.05) is 50.4 Å². The summed E-state index contributed by atoms with van der Waals surface area (Å²) < 4.78 is 0. The van der Waals surface area contributed by atoms with E-state index in [0.29, 0.717) is 17.6 Å². The number of rotatable bonds is 7. The van der Waals surface area contributed by atoms with E-state index in [1.807, 2.05) is 35.4 Å². The molecule has 0 spiro atoms. The first-order valence-corrected chi connectivity index (χ1v) is 13.2. The average molecular weight is 475 g/mol. The van der Waals surface area contributed by atoms with Gasteiger partial charge in [0.2, 0.25) is 0 Å². The molecular formula is C29H38N4O2. The summed E-state index contributed by atoms with van der Waals surface area (Å²) in [6.07, 6.45) is 9.24. The Morgan fingerprint density at radius 2 is 1.71 bits per heavy atom. The van der Waals surface area contributed by atoms with Crippen LogP contribution in [0.1, 0.15) is 66.1 Å². The summed E-state index contributed by atoms with van der Waals surface area (Å²) in [7, 11) is 0. The number of aromatic hydroxyl groups is 1. The lowest BCUT2D eigenvalue weighted by atomic mass is 9.87. The van der Waals surface area contributed by atoms with Gasteiger partial charge >= 0.3 is 0 Å². The van der Waals surface area contributed by atoms with Crippen molar-refractivity contribution in [3.05, 3.63) is 77.9 Å². The second-order valence-corrected chi connectivity index (χ2v) is 10.3. The fourth-order valence-corrected chi connectivity index (χ4v) is 6.22. The monoisotopic (exact) mass is 474 g/mol. The minimum atomic E-state index is -0.0417. The van der Waals surface area contributed by atoms with E-state index in [4.69, 9.17) is 0 Å². The Labute approximate surface area is 209 Å². The van der Waals surface area contributed by atoms with Crippen LogP contribution in [0.25, 0.3) is 0 Å². The van der Waals surface area contributed by atoms with Crippen LogP contribution in [0.15, 0.2) is 61.2 Å². The highest BCUT2D eigenvalue weighted by Gasteiger charge is 2.39. The highest BCUT2D eigenvalue weighted by atomic mass is 16.3. The van der Waals surface area contributed by atoms with Crippen molar-refractivity contribution in [2.24, 2.45) is 0 Å². The maximum Gasteiger partial charge on any atom is 0.265 e. The largest absolute Gasteiger partial charge is 0.508 e. The standard InChI is InChI=1S/C29H38N4O2/c1-2-16-33-25-9-7-10-26(33)21-31(20-25)28(24-8-6-11-27(34)19-24)22-12-14-23(15-13-22)29(35)30-32-17-4-3-5-18-32/h2,6,8,11-15,19,25-26,28,34H,1,3-5,7,9-10,16-18,20-21H2,(H,30,35). The third-order valence-electron chi connectivity index (χ3n) is 7.90. The first kappa shape index (κ1) is 24.0. The van der Waals surface area contributed by atoms with E-state index in [9.17, 15) is 9.90 Å². The molecule has 0 aromatic heterocycles. The number of phenolic OH excluding ortho intramolecular Hbond substituents is 1. The first-order valence-electron chi connectivity index (χ1n) is 13.2. The number of hydrogen-bond acceptors (Lipinski definition) is 5. The quantitative estimate of drug-likeness (QED) is 0.585. The summed E-state index contributed by atoms with van der Waals surface area (Å²) in [6.45, 7) is 8.74. The van der Waals surface area contributed by atoms with Crippen LogP contribution in [0.4, 0.5) is 0 Å². The van der Waals surface area contributed by atoms with E-state index in [2.05, 4.69) is 40.0 Å². The van der Waals surface area contributed by atoms with E-state index in [0.717, 1.165) is 56.7 Å². The van der Waals surface area contributed by atoms with Crippen molar-refractivity contribution in [2.45, 2.75) is 56.7 Å². The smallest absolute Gasteiger partial charge is 0.265 e. The van der Waals surface area contributed by atoms with E-state index in [1.54, 1.807) is 6.07 Å². The zero-order chi connectivity index (χ0) is 24.2. The second-order valence-electron chi connectivity index (χ2n) is 10.3. The summed E-state index contributed by atoms with van der Waals surface area (Å²) in [5, 5.41) is 12.3. The highest BCUT2D eigenvalue weighted by Crippen LogP contribution is 2.37. The molecule has 3 saturated heterocycles. The Hall–Kier alpha value is -2.67. The Morgan fingerprint density at radius 3 is 2.37 bits per heavy atom. The second kappa shape index (κ2) is 10.9. The van der Waals surface area contributed by atoms with Crippen molar-refractivity contribution < 1.29 is 9.90 Å². The van der Waals surface area contributed by atoms with Crippen LogP contribution < -0.4 is 5.43 Å². The maximum atomic E-state index is 12.8. The summed E-state index contributed by atoms with van der Waals surface area (Å²) in [5.41, 5.74) is 5.99. The molecule has 0 aliphatic carbocycles. The molecule has 35 heavy (non-hydrogen) atoms. The van der Waals surface area contributed by atoms with Gasteiger partial charge in [0.25, 0.3) is 5.91 Å². The number of nitrogens with zero attached hydrogens (tertiary/aromatic N) is 3. The number of likely N-dealkylation sites (tertiary alicyclic amines) is 1. The van der Waals surface area contributed by atoms with Crippen molar-refractivity contribution in [3.8, 4) is 5.75 Å². The zero-order valence-corrected chi connectivity index (χ0v) is 20.6. The molecule has 186 valence electrons. The van der Waals surface area contributed by atoms with E-state index >= 15 is 0 Å². The number of benzene rings is 2. The van der Waals surface area contributed by atoms with Gasteiger partial charge in [0.1, 0.15) is 5.75 Å². The van der Waals surface area contributed by atoms with Crippen LogP contribution in [-0.2, 0) is 0 Å². The summed E-state index contributed by atoms with van der Waals surface area (Å²) in [6, 6.07) is 16.8. The summed E-state index contributed by atoms with van der Waals surface area (Å²) in [4.78, 5) is 18.0. The van der Waals surface area contributed by atoms with Crippen molar-refractivity contribution in [3.63, 3.8) is 0 Å². The Bertz CT molecular complexity index is 1000. The van der Waals surface area contributed by atoms with E-state index in [-0.39, 0.29) is 17.7 Å². The fourth-order valence-electron chi connectivity index (χ4n) is 6.22. The number of carbonyl (C=O) groups is 1. The van der Waals surface area contributed by atoms with Gasteiger partial charge in [-0.3, -0.25) is 20.0 Å². The Balaban J connectivity index is 1.39. The molecule has 3 atom stereocenters. The number of phenols is 1. The molecule has 2 aromatic carbocycles. The van der Waals surface area contributed by atoms with E-state index in [1.165, 1.54) is 25.7 Å². The number of hydrazine groups is 1. The molecule has 3 heterocycles. The van der Waals surface area contributed by atoms with Crippen molar-refractivity contribution in [1.82, 2.24) is 20.2 Å². The Kier molecular flexibility index (Phi) is 7.51. The van der Waals surface area contributed by atoms with Gasteiger partial charge in [-0.15, -0.1) is 6.58 Å². The van der Waals surface area contributed by atoms with E-state index < -0.39 is 0 Å². The van der Waals surface area contributed by atoms with Crippen LogP contribution in [0.5, 0.6) is 5.75 Å². The van der Waals surface area contributed by atoms with Gasteiger partial charge in [0.15, 0.2) is 0 Å². The molecular weight excluding hydrogens is 436 g/mol. The molecule has 2 aromatic rings. The van der Waals surface area contributed by atoms with Crippen molar-refractivity contribution in [1.29, 1.82) is 0 Å². The Morgan fingerprint density at radius 1 is 1.00 bits per heavy atom. The molecule has 0 saturated carbocycles. The molecule has 3 aliphatic heterocycles. The molecule has 2 bridgehead atoms. The summed E-state index contributed by atoms with van der Waals surface area (Å²) >= 11 is 0. The van der Waals surface area contributed by atoms with Crippen LogP contribution >= 0.6 is 0 Å². The lowest BCUT2D eigenvalue weighted by Crippen LogP contribution is -2.61. The normalized spacial score (nSPS) is 24.6. The van der Waals surface area contributed by atoms with Crippen LogP contribution in [0.2, 0.25) is 0 Å². The molecule has 3 unspecified atom stereocenters. The minimum absolute atomic E-state index is 0.0373. The predicted octanol–water partition coefficient (Wildman–Crippen LogP) is 4.34. The highest BCUT2D eigenvalue weighted by molar-refractivity contribution is 5.93. The molecule has 6 heteroatoms. The number of carbonyl (C=O) groups excluding carboxylic acids is 1. The number of nitrogens with one attached hydrogen (secondary N) is 1. The van der Waals surface area contributed by atoms with Gasteiger partial charge < -0.3 is 5.11 Å². The van der Waals surface area contributed by atoms with Crippen LogP contribution in [-0.4, -0.2) is 70.6 Å². The predicted molar refractivity (Wildman–Crippen MR) is 139 cm³/mol. The summed E-state index contributed by atoms with van der Waals surface area (Å²) in [5.74, 6) is 0.246. The molecule has 1 amide bonds. The number of piperazine rings is 1. The molecule has 3 fully saturated rings. The third kappa shape index (κ3) is 5.45.